The van der Waals surface area contributed by atoms with E-state index in [0.717, 1.165) is 0 Å². The lowest BCUT2D eigenvalue weighted by Crippen LogP contribution is -2.22. The quantitative estimate of drug-likeness (QED) is 0.648. The van der Waals surface area contributed by atoms with E-state index in [4.69, 9.17) is 10.5 Å². The van der Waals surface area contributed by atoms with E-state index in [-0.39, 0.29) is 17.9 Å². The van der Waals surface area contributed by atoms with Crippen LogP contribution in [0.2, 0.25) is 0 Å². The second-order valence-electron chi connectivity index (χ2n) is 4.29. The number of carbonyl (C=O) groups excluding carboxylic acids is 1. The van der Waals surface area contributed by atoms with Gasteiger partial charge in [-0.05, 0) is 48.0 Å². The number of rotatable bonds is 5. The molecule has 1 rings (SSSR count). The topological polar surface area (TPSA) is 86.5 Å². The SMILES string of the molecule is CC(C)S(=O)(=O)CCOC(=O)c1cc(N)ccc1Br. The van der Waals surface area contributed by atoms with E-state index in [9.17, 15) is 13.2 Å². The van der Waals surface area contributed by atoms with Crippen LogP contribution in [0.1, 0.15) is 24.2 Å². The number of ether oxygens (including phenoxy) is 1. The number of anilines is 1. The first-order chi connectivity index (χ1) is 8.74. The van der Waals surface area contributed by atoms with Crippen LogP contribution in [0.15, 0.2) is 22.7 Å². The van der Waals surface area contributed by atoms with Crippen molar-refractivity contribution in [3.05, 3.63) is 28.2 Å². The van der Waals surface area contributed by atoms with E-state index in [1.54, 1.807) is 26.0 Å². The highest BCUT2D eigenvalue weighted by Gasteiger charge is 2.18. The minimum Gasteiger partial charge on any atom is -0.461 e. The monoisotopic (exact) mass is 349 g/mol. The molecular weight excluding hydrogens is 334 g/mol. The molecule has 1 aromatic rings. The molecule has 0 aliphatic rings. The molecule has 0 atom stereocenters. The number of benzene rings is 1. The number of hydrogen-bond donors (Lipinski definition) is 1. The van der Waals surface area contributed by atoms with Gasteiger partial charge in [0.1, 0.15) is 6.61 Å². The molecule has 0 heterocycles. The van der Waals surface area contributed by atoms with E-state index in [2.05, 4.69) is 15.9 Å². The van der Waals surface area contributed by atoms with Gasteiger partial charge in [0.05, 0.1) is 16.6 Å². The fraction of sp³-hybridized carbons (Fsp3) is 0.417. The molecule has 0 aromatic heterocycles. The van der Waals surface area contributed by atoms with Crippen LogP contribution < -0.4 is 5.73 Å². The number of sulfone groups is 1. The standard InChI is InChI=1S/C12H16BrNO4S/c1-8(2)19(16,17)6-5-18-12(15)10-7-9(14)3-4-11(10)13/h3-4,7-8H,5-6,14H2,1-2H3. The maximum absolute atomic E-state index is 11.8. The number of nitrogens with two attached hydrogens (primary N) is 1. The maximum Gasteiger partial charge on any atom is 0.339 e. The van der Waals surface area contributed by atoms with Gasteiger partial charge in [0.25, 0.3) is 0 Å². The van der Waals surface area contributed by atoms with E-state index >= 15 is 0 Å². The zero-order valence-electron chi connectivity index (χ0n) is 10.7. The van der Waals surface area contributed by atoms with Crippen LogP contribution in [0.5, 0.6) is 0 Å². The largest absolute Gasteiger partial charge is 0.461 e. The lowest BCUT2D eigenvalue weighted by molar-refractivity contribution is 0.0528. The molecule has 0 saturated carbocycles. The molecule has 5 nitrogen and oxygen atoms in total. The summed E-state index contributed by atoms with van der Waals surface area (Å²) < 4.78 is 28.6. The Hall–Kier alpha value is -1.08. The summed E-state index contributed by atoms with van der Waals surface area (Å²) in [5.74, 6) is -0.783. The van der Waals surface area contributed by atoms with Crippen LogP contribution in [0.4, 0.5) is 5.69 Å². The average Bonchev–Trinajstić information content (AvgIpc) is 2.31. The van der Waals surface area contributed by atoms with Gasteiger partial charge < -0.3 is 10.5 Å². The molecule has 106 valence electrons. The third-order valence-corrected chi connectivity index (χ3v) is 5.39. The van der Waals surface area contributed by atoms with Gasteiger partial charge in [0.15, 0.2) is 9.84 Å². The predicted octanol–water partition coefficient (Wildman–Crippen LogP) is 2.01. The fourth-order valence-corrected chi connectivity index (χ4v) is 2.46. The van der Waals surface area contributed by atoms with Gasteiger partial charge >= 0.3 is 5.97 Å². The first-order valence-corrected chi connectivity index (χ1v) is 8.18. The summed E-state index contributed by atoms with van der Waals surface area (Å²) in [5, 5.41) is -0.481. The molecule has 2 N–H and O–H groups in total. The summed E-state index contributed by atoms with van der Waals surface area (Å²) in [6.45, 7) is 3.01. The molecule has 0 aliphatic heterocycles. The third-order valence-electron chi connectivity index (χ3n) is 2.53. The molecule has 0 radical (unpaired) electrons. The number of hydrogen-bond acceptors (Lipinski definition) is 5. The van der Waals surface area contributed by atoms with Crippen LogP contribution in [0, 0.1) is 0 Å². The van der Waals surface area contributed by atoms with Gasteiger partial charge in [0, 0.05) is 10.2 Å². The normalized spacial score (nSPS) is 11.6. The summed E-state index contributed by atoms with van der Waals surface area (Å²) in [6, 6.07) is 4.75. The maximum atomic E-state index is 11.8. The van der Waals surface area contributed by atoms with Crippen molar-refractivity contribution in [3.8, 4) is 0 Å². The lowest BCUT2D eigenvalue weighted by Gasteiger charge is -2.09. The average molecular weight is 350 g/mol. The number of carbonyl (C=O) groups is 1. The summed E-state index contributed by atoms with van der Waals surface area (Å²) in [5.41, 5.74) is 6.29. The van der Waals surface area contributed by atoms with Gasteiger partial charge in [0.2, 0.25) is 0 Å². The van der Waals surface area contributed by atoms with Crippen molar-refractivity contribution >= 4 is 37.4 Å². The summed E-state index contributed by atoms with van der Waals surface area (Å²) in [7, 11) is -3.21. The van der Waals surface area contributed by atoms with Gasteiger partial charge in [-0.1, -0.05) is 0 Å². The van der Waals surface area contributed by atoms with Crippen LogP contribution in [-0.2, 0) is 14.6 Å². The zero-order chi connectivity index (χ0) is 14.6. The molecule has 0 bridgehead atoms. The Balaban J connectivity index is 2.64. The van der Waals surface area contributed by atoms with E-state index in [1.807, 2.05) is 0 Å². The highest BCUT2D eigenvalue weighted by molar-refractivity contribution is 9.10. The minimum absolute atomic E-state index is 0.166. The number of halogens is 1. The predicted molar refractivity (Wildman–Crippen MR) is 77.8 cm³/mol. The molecule has 0 aliphatic carbocycles. The van der Waals surface area contributed by atoms with Crippen molar-refractivity contribution in [1.29, 1.82) is 0 Å². The Morgan fingerprint density at radius 1 is 1.42 bits per heavy atom. The van der Waals surface area contributed by atoms with Gasteiger partial charge in [-0.15, -0.1) is 0 Å². The third kappa shape index (κ3) is 4.50. The first-order valence-electron chi connectivity index (χ1n) is 5.68. The Bertz CT molecular complexity index is 569. The van der Waals surface area contributed by atoms with E-state index < -0.39 is 21.1 Å². The molecule has 19 heavy (non-hydrogen) atoms. The highest BCUT2D eigenvalue weighted by atomic mass is 79.9. The van der Waals surface area contributed by atoms with Gasteiger partial charge in [-0.25, -0.2) is 13.2 Å². The fourth-order valence-electron chi connectivity index (χ4n) is 1.26. The summed E-state index contributed by atoms with van der Waals surface area (Å²) in [4.78, 5) is 11.8. The van der Waals surface area contributed by atoms with Gasteiger partial charge in [-0.2, -0.15) is 0 Å². The lowest BCUT2D eigenvalue weighted by atomic mass is 10.2. The second kappa shape index (κ2) is 6.38. The van der Waals surface area contributed by atoms with Crippen LogP contribution in [0.3, 0.4) is 0 Å². The van der Waals surface area contributed by atoms with Crippen LogP contribution in [0.25, 0.3) is 0 Å². The highest BCUT2D eigenvalue weighted by Crippen LogP contribution is 2.20. The molecule has 1 aromatic carbocycles. The van der Waals surface area contributed by atoms with E-state index in [0.29, 0.717) is 10.2 Å². The summed E-state index contributed by atoms with van der Waals surface area (Å²) >= 11 is 3.21. The molecule has 7 heteroatoms. The summed E-state index contributed by atoms with van der Waals surface area (Å²) in [6.07, 6.45) is 0. The zero-order valence-corrected chi connectivity index (χ0v) is 13.1. The van der Waals surface area contributed by atoms with Crippen LogP contribution >= 0.6 is 15.9 Å². The molecule has 0 spiro atoms. The van der Waals surface area contributed by atoms with Crippen molar-refractivity contribution in [2.24, 2.45) is 0 Å². The molecule has 0 unspecified atom stereocenters. The van der Waals surface area contributed by atoms with Crippen molar-refractivity contribution in [3.63, 3.8) is 0 Å². The second-order valence-corrected chi connectivity index (χ2v) is 7.82. The number of nitrogen functional groups attached to an aromatic ring is 1. The molecule has 0 fully saturated rings. The molecule has 0 saturated heterocycles. The Morgan fingerprint density at radius 3 is 2.63 bits per heavy atom. The van der Waals surface area contributed by atoms with E-state index in [1.165, 1.54) is 6.07 Å². The Morgan fingerprint density at radius 2 is 2.05 bits per heavy atom. The first kappa shape index (κ1) is 16.0. The number of esters is 1. The van der Waals surface area contributed by atoms with Crippen LogP contribution in [-0.4, -0.2) is 32.0 Å². The minimum atomic E-state index is -3.21. The van der Waals surface area contributed by atoms with Crippen molar-refractivity contribution < 1.29 is 17.9 Å². The smallest absolute Gasteiger partial charge is 0.339 e. The molecular formula is C12H16BrNO4S. The van der Waals surface area contributed by atoms with Crippen molar-refractivity contribution in [2.75, 3.05) is 18.1 Å². The Labute approximate surface area is 121 Å². The van der Waals surface area contributed by atoms with Crippen molar-refractivity contribution in [2.45, 2.75) is 19.1 Å². The Kier molecular flexibility index (Phi) is 5.37. The van der Waals surface area contributed by atoms with Gasteiger partial charge in [-0.3, -0.25) is 0 Å². The molecule has 0 amide bonds. The van der Waals surface area contributed by atoms with Crippen molar-refractivity contribution in [1.82, 2.24) is 0 Å².